The Kier molecular flexibility index (Phi) is 1.77. The summed E-state index contributed by atoms with van der Waals surface area (Å²) >= 11 is 0. The second kappa shape index (κ2) is 2.95. The van der Waals surface area contributed by atoms with Gasteiger partial charge in [-0.3, -0.25) is 0 Å². The van der Waals surface area contributed by atoms with Crippen LogP contribution in [-0.2, 0) is 0 Å². The number of fused-ring (bicyclic) bond motifs is 1. The third kappa shape index (κ3) is 1.06. The molecule has 7 nitrogen and oxygen atoms in total. The highest BCUT2D eigenvalue weighted by molar-refractivity contribution is 5.85. The highest BCUT2D eigenvalue weighted by atomic mass is 16.5. The highest BCUT2D eigenvalue weighted by Gasteiger charge is 2.18. The SMILES string of the molecule is CNC(=N)n1n[n+]([O-])c2cccnc21. The van der Waals surface area contributed by atoms with E-state index in [9.17, 15) is 5.21 Å². The van der Waals surface area contributed by atoms with Crippen LogP contribution >= 0.6 is 0 Å². The summed E-state index contributed by atoms with van der Waals surface area (Å²) < 4.78 is 1.14. The minimum atomic E-state index is 0.00306. The summed E-state index contributed by atoms with van der Waals surface area (Å²) in [6, 6.07) is 3.24. The van der Waals surface area contributed by atoms with Crippen LogP contribution in [0.2, 0.25) is 0 Å². The van der Waals surface area contributed by atoms with Gasteiger partial charge in [-0.05, 0) is 16.8 Å². The Morgan fingerprint density at radius 3 is 3.21 bits per heavy atom. The minimum Gasteiger partial charge on any atom is -0.691 e. The van der Waals surface area contributed by atoms with Crippen LogP contribution in [0.5, 0.6) is 0 Å². The molecule has 2 N–H and O–H groups in total. The number of hydrogen-bond acceptors (Lipinski definition) is 4. The van der Waals surface area contributed by atoms with Crippen LogP contribution in [0.1, 0.15) is 0 Å². The lowest BCUT2D eigenvalue weighted by atomic mass is 10.4. The Balaban J connectivity index is 2.72. The summed E-state index contributed by atoms with van der Waals surface area (Å²) in [5.74, 6) is 0.00306. The van der Waals surface area contributed by atoms with Crippen molar-refractivity contribution in [1.29, 1.82) is 5.41 Å². The first kappa shape index (κ1) is 8.42. The van der Waals surface area contributed by atoms with Gasteiger partial charge in [-0.1, -0.05) is 0 Å². The van der Waals surface area contributed by atoms with Crippen molar-refractivity contribution in [3.63, 3.8) is 0 Å². The predicted molar refractivity (Wildman–Crippen MR) is 48.7 cm³/mol. The molecule has 72 valence electrons. The zero-order valence-corrected chi connectivity index (χ0v) is 7.43. The molecule has 2 aromatic rings. The molecular formula is C7H8N6O. The molecule has 7 heteroatoms. The molecule has 0 saturated carbocycles. The molecule has 0 aliphatic rings. The van der Waals surface area contributed by atoms with Gasteiger partial charge in [0.1, 0.15) is 5.21 Å². The fourth-order valence-corrected chi connectivity index (χ4v) is 1.13. The van der Waals surface area contributed by atoms with Gasteiger partial charge in [-0.15, -0.1) is 4.85 Å². The molecule has 0 aliphatic heterocycles. The summed E-state index contributed by atoms with van der Waals surface area (Å²) in [5, 5.41) is 24.9. The quantitative estimate of drug-likeness (QED) is 0.244. The number of nitrogens with one attached hydrogen (secondary N) is 2. The van der Waals surface area contributed by atoms with E-state index in [2.05, 4.69) is 15.5 Å². The molecule has 0 amide bonds. The summed E-state index contributed by atoms with van der Waals surface area (Å²) in [6.07, 6.45) is 1.55. The lowest BCUT2D eigenvalue weighted by molar-refractivity contribution is -0.645. The molecule has 0 fully saturated rings. The zero-order chi connectivity index (χ0) is 10.1. The Labute approximate surface area is 79.1 Å². The standard InChI is InChI=1S/C7H8N6O/c1-9-7(8)12-6-5(13(14)11-12)3-2-4-10-6/h2-4H,1H3,(H2,8,9). The van der Waals surface area contributed by atoms with Crippen molar-refractivity contribution in [2.75, 3.05) is 7.05 Å². The second-order valence-electron chi connectivity index (χ2n) is 2.62. The van der Waals surface area contributed by atoms with Crippen molar-refractivity contribution in [3.8, 4) is 0 Å². The summed E-state index contributed by atoms with van der Waals surface area (Å²) in [4.78, 5) is 4.41. The molecule has 0 spiro atoms. The van der Waals surface area contributed by atoms with Crippen LogP contribution in [0.3, 0.4) is 0 Å². The van der Waals surface area contributed by atoms with Crippen LogP contribution in [0.4, 0.5) is 0 Å². The molecule has 0 saturated heterocycles. The number of hydrogen-bond donors (Lipinski definition) is 2. The third-order valence-corrected chi connectivity index (χ3v) is 1.79. The van der Waals surface area contributed by atoms with Crippen molar-refractivity contribution < 1.29 is 4.85 Å². The molecule has 0 atom stereocenters. The average Bonchev–Trinajstić information content (AvgIpc) is 2.56. The first-order valence-electron chi connectivity index (χ1n) is 3.94. The lowest BCUT2D eigenvalue weighted by Crippen LogP contribution is -2.34. The van der Waals surface area contributed by atoms with Crippen molar-refractivity contribution in [3.05, 3.63) is 23.5 Å². The molecule has 0 bridgehead atoms. The zero-order valence-electron chi connectivity index (χ0n) is 7.43. The number of pyridine rings is 1. The van der Waals surface area contributed by atoms with Gasteiger partial charge in [0.15, 0.2) is 0 Å². The van der Waals surface area contributed by atoms with Crippen molar-refractivity contribution in [1.82, 2.24) is 20.2 Å². The molecule has 14 heavy (non-hydrogen) atoms. The van der Waals surface area contributed by atoms with E-state index < -0.39 is 0 Å². The first-order valence-corrected chi connectivity index (χ1v) is 3.94. The third-order valence-electron chi connectivity index (χ3n) is 1.79. The normalized spacial score (nSPS) is 10.4. The molecule has 2 rings (SSSR count). The molecule has 0 radical (unpaired) electrons. The van der Waals surface area contributed by atoms with Crippen molar-refractivity contribution >= 4 is 17.1 Å². The van der Waals surface area contributed by atoms with Gasteiger partial charge in [0, 0.05) is 13.2 Å². The second-order valence-corrected chi connectivity index (χ2v) is 2.62. The van der Waals surface area contributed by atoms with Crippen LogP contribution in [0.25, 0.3) is 11.2 Å². The predicted octanol–water partition coefficient (Wildman–Crippen LogP) is -0.933. The first-order chi connectivity index (χ1) is 6.74. The van der Waals surface area contributed by atoms with Gasteiger partial charge in [-0.2, -0.15) is 0 Å². The molecule has 2 heterocycles. The number of aromatic nitrogens is 4. The maximum atomic E-state index is 11.2. The van der Waals surface area contributed by atoms with E-state index in [1.54, 1.807) is 25.4 Å². The monoisotopic (exact) mass is 192 g/mol. The smallest absolute Gasteiger partial charge is 0.315 e. The van der Waals surface area contributed by atoms with E-state index in [0.29, 0.717) is 16.0 Å². The summed E-state index contributed by atoms with van der Waals surface area (Å²) in [6.45, 7) is 0. The Bertz CT molecular complexity index is 490. The summed E-state index contributed by atoms with van der Waals surface area (Å²) in [5.41, 5.74) is 0.703. The van der Waals surface area contributed by atoms with Crippen molar-refractivity contribution in [2.24, 2.45) is 0 Å². The molecule has 0 unspecified atom stereocenters. The van der Waals surface area contributed by atoms with Gasteiger partial charge in [0.2, 0.25) is 5.52 Å². The Morgan fingerprint density at radius 1 is 1.71 bits per heavy atom. The van der Waals surface area contributed by atoms with Crippen LogP contribution in [0, 0.1) is 10.6 Å². The topological polar surface area (TPSA) is 93.5 Å². The van der Waals surface area contributed by atoms with E-state index in [-0.39, 0.29) is 5.96 Å². The maximum absolute atomic E-state index is 11.2. The van der Waals surface area contributed by atoms with Crippen molar-refractivity contribution in [2.45, 2.75) is 0 Å². The van der Waals surface area contributed by atoms with E-state index in [1.807, 2.05) is 0 Å². The largest absolute Gasteiger partial charge is 0.691 e. The van der Waals surface area contributed by atoms with Crippen LogP contribution in [0.15, 0.2) is 18.3 Å². The van der Waals surface area contributed by atoms with Crippen LogP contribution in [-0.4, -0.2) is 27.9 Å². The van der Waals surface area contributed by atoms with E-state index >= 15 is 0 Å². The van der Waals surface area contributed by atoms with Gasteiger partial charge in [0.05, 0.1) is 0 Å². The average molecular weight is 192 g/mol. The van der Waals surface area contributed by atoms with Gasteiger partial charge >= 0.3 is 11.6 Å². The number of nitrogens with zero attached hydrogens (tertiary/aromatic N) is 4. The maximum Gasteiger partial charge on any atom is 0.315 e. The van der Waals surface area contributed by atoms with Crippen LogP contribution < -0.4 is 10.2 Å². The molecule has 0 aliphatic carbocycles. The van der Waals surface area contributed by atoms with E-state index in [4.69, 9.17) is 5.41 Å². The fraction of sp³-hybridized carbons (Fsp3) is 0.143. The fourth-order valence-electron chi connectivity index (χ4n) is 1.13. The molecule has 0 aromatic carbocycles. The van der Waals surface area contributed by atoms with E-state index in [1.165, 1.54) is 0 Å². The lowest BCUT2D eigenvalue weighted by Gasteiger charge is -1.92. The molecular weight excluding hydrogens is 184 g/mol. The van der Waals surface area contributed by atoms with Gasteiger partial charge in [0.25, 0.3) is 0 Å². The highest BCUT2D eigenvalue weighted by Crippen LogP contribution is 2.03. The minimum absolute atomic E-state index is 0.00306. The Hall–Kier alpha value is -2.18. The summed E-state index contributed by atoms with van der Waals surface area (Å²) in [7, 11) is 1.58. The number of rotatable bonds is 0. The van der Waals surface area contributed by atoms with Gasteiger partial charge in [-0.25, -0.2) is 10.4 Å². The molecule has 2 aromatic heterocycles. The Morgan fingerprint density at radius 2 is 2.50 bits per heavy atom. The van der Waals surface area contributed by atoms with Gasteiger partial charge < -0.3 is 10.5 Å². The van der Waals surface area contributed by atoms with E-state index in [0.717, 1.165) is 4.68 Å².